The minimum Gasteiger partial charge on any atom is -0.356 e. The maximum atomic E-state index is 12.8. The predicted molar refractivity (Wildman–Crippen MR) is 117 cm³/mol. The van der Waals surface area contributed by atoms with E-state index in [-0.39, 0.29) is 17.7 Å². The quantitative estimate of drug-likeness (QED) is 0.653. The van der Waals surface area contributed by atoms with Crippen molar-refractivity contribution in [1.29, 1.82) is 0 Å². The van der Waals surface area contributed by atoms with Gasteiger partial charge in [-0.2, -0.15) is 0 Å². The minimum atomic E-state index is -3.18. The third kappa shape index (κ3) is 5.73. The summed E-state index contributed by atoms with van der Waals surface area (Å²) in [7, 11) is -3.18. The fourth-order valence-corrected chi connectivity index (χ4v) is 5.48. The molecule has 2 aliphatic heterocycles. The number of thioether (sulfide) groups is 1. The molecule has 2 fully saturated rings. The Bertz CT molecular complexity index is 861. The number of carbonyl (C=O) groups is 2. The van der Waals surface area contributed by atoms with Crippen LogP contribution >= 0.6 is 11.8 Å². The number of hydrogen-bond donors (Lipinski definition) is 1. The molecule has 0 bridgehead atoms. The van der Waals surface area contributed by atoms with Crippen LogP contribution in [0.25, 0.3) is 0 Å². The van der Waals surface area contributed by atoms with Crippen molar-refractivity contribution in [3.8, 4) is 0 Å². The highest BCUT2D eigenvalue weighted by Crippen LogP contribution is 2.23. The Labute approximate surface area is 182 Å². The lowest BCUT2D eigenvalue weighted by Crippen LogP contribution is -2.45. The van der Waals surface area contributed by atoms with E-state index in [0.717, 1.165) is 17.9 Å². The molecule has 0 aromatic carbocycles. The van der Waals surface area contributed by atoms with Crippen LogP contribution in [-0.2, 0) is 14.8 Å². The zero-order valence-electron chi connectivity index (χ0n) is 17.5. The van der Waals surface area contributed by atoms with Crippen molar-refractivity contribution in [2.45, 2.75) is 30.7 Å². The molecule has 0 atom stereocenters. The van der Waals surface area contributed by atoms with Crippen LogP contribution in [0.3, 0.4) is 0 Å². The summed E-state index contributed by atoms with van der Waals surface area (Å²) < 4.78 is 24.6. The first-order valence-corrected chi connectivity index (χ1v) is 13.4. The van der Waals surface area contributed by atoms with Crippen LogP contribution in [0.15, 0.2) is 23.4 Å². The molecule has 8 nitrogen and oxygen atoms in total. The molecule has 3 heterocycles. The van der Waals surface area contributed by atoms with Crippen LogP contribution in [0.2, 0.25) is 0 Å². The van der Waals surface area contributed by atoms with Crippen LogP contribution in [0.4, 0.5) is 0 Å². The second-order valence-electron chi connectivity index (χ2n) is 7.98. The molecule has 1 aromatic heterocycles. The molecule has 1 aromatic rings. The van der Waals surface area contributed by atoms with E-state index in [1.807, 2.05) is 17.2 Å². The molecule has 0 unspecified atom stereocenters. The number of nitrogens with zero attached hydrogens (tertiary/aromatic N) is 3. The van der Waals surface area contributed by atoms with Gasteiger partial charge < -0.3 is 10.2 Å². The van der Waals surface area contributed by atoms with Crippen molar-refractivity contribution in [3.05, 3.63) is 23.9 Å². The van der Waals surface area contributed by atoms with Crippen molar-refractivity contribution in [2.75, 3.05) is 45.2 Å². The van der Waals surface area contributed by atoms with Crippen molar-refractivity contribution >= 4 is 33.6 Å². The van der Waals surface area contributed by atoms with E-state index in [1.54, 1.807) is 12.3 Å². The molecular weight excluding hydrogens is 424 g/mol. The molecule has 2 saturated heterocycles. The molecule has 0 radical (unpaired) electrons. The van der Waals surface area contributed by atoms with Gasteiger partial charge in [-0.3, -0.25) is 9.59 Å². The largest absolute Gasteiger partial charge is 0.356 e. The van der Waals surface area contributed by atoms with Gasteiger partial charge in [0.25, 0.3) is 5.91 Å². The predicted octanol–water partition coefficient (Wildman–Crippen LogP) is 1.44. The average molecular weight is 455 g/mol. The number of sulfonamides is 1. The van der Waals surface area contributed by atoms with Gasteiger partial charge in [0.1, 0.15) is 5.03 Å². The Balaban J connectivity index is 1.42. The van der Waals surface area contributed by atoms with Crippen molar-refractivity contribution in [3.63, 3.8) is 0 Å². The Morgan fingerprint density at radius 3 is 2.43 bits per heavy atom. The molecule has 2 aliphatic rings. The van der Waals surface area contributed by atoms with Crippen LogP contribution in [-0.4, -0.2) is 79.7 Å². The van der Waals surface area contributed by atoms with Crippen LogP contribution in [0, 0.1) is 11.8 Å². The summed E-state index contributed by atoms with van der Waals surface area (Å²) in [5, 5.41) is 3.79. The number of carbonyl (C=O) groups excluding carboxylic acids is 2. The first-order chi connectivity index (χ1) is 14.3. The summed E-state index contributed by atoms with van der Waals surface area (Å²) in [5.74, 6) is 0.262. The monoisotopic (exact) mass is 454 g/mol. The lowest BCUT2D eigenvalue weighted by Gasteiger charge is -2.33. The standard InChI is InChI=1S/C20H30N4O4S2/c1-29-19-17(4-3-9-21-19)20(26)23-10-5-15(6-11-23)14-22-18(25)16-7-12-24(13-8-16)30(2,27)28/h3-4,9,15-16H,5-8,10-14H2,1-2H3,(H,22,25). The van der Waals surface area contributed by atoms with E-state index in [9.17, 15) is 18.0 Å². The summed E-state index contributed by atoms with van der Waals surface area (Å²) in [6.45, 7) is 2.77. The number of aromatic nitrogens is 1. The second-order valence-corrected chi connectivity index (χ2v) is 10.8. The minimum absolute atomic E-state index is 0.0154. The number of rotatable bonds is 6. The molecule has 2 amide bonds. The van der Waals surface area contributed by atoms with E-state index < -0.39 is 10.0 Å². The number of amides is 2. The zero-order valence-corrected chi connectivity index (χ0v) is 19.2. The SMILES string of the molecule is CSc1ncccc1C(=O)N1CCC(CNC(=O)C2CCN(S(C)(=O)=O)CC2)CC1. The highest BCUT2D eigenvalue weighted by molar-refractivity contribution is 7.98. The topological polar surface area (TPSA) is 99.7 Å². The van der Waals surface area contributed by atoms with E-state index in [4.69, 9.17) is 0 Å². The lowest BCUT2D eigenvalue weighted by molar-refractivity contribution is -0.126. The van der Waals surface area contributed by atoms with E-state index in [0.29, 0.717) is 57.0 Å². The molecule has 10 heteroatoms. The van der Waals surface area contributed by atoms with Gasteiger partial charge in [-0.1, -0.05) is 0 Å². The Morgan fingerprint density at radius 1 is 1.17 bits per heavy atom. The van der Waals surface area contributed by atoms with Gasteiger partial charge in [0.05, 0.1) is 11.8 Å². The normalized spacial score (nSPS) is 19.6. The molecule has 30 heavy (non-hydrogen) atoms. The molecule has 3 rings (SSSR count). The lowest BCUT2D eigenvalue weighted by atomic mass is 9.94. The first kappa shape index (κ1) is 23.0. The average Bonchev–Trinajstić information content (AvgIpc) is 2.76. The summed E-state index contributed by atoms with van der Waals surface area (Å²) >= 11 is 1.47. The number of piperidine rings is 2. The molecule has 1 N–H and O–H groups in total. The van der Waals surface area contributed by atoms with Crippen molar-refractivity contribution in [1.82, 2.24) is 19.5 Å². The van der Waals surface area contributed by atoms with E-state index >= 15 is 0 Å². The summed E-state index contributed by atoms with van der Waals surface area (Å²) in [4.78, 5) is 31.4. The van der Waals surface area contributed by atoms with Gasteiger partial charge in [-0.15, -0.1) is 11.8 Å². The number of pyridine rings is 1. The van der Waals surface area contributed by atoms with E-state index in [2.05, 4.69) is 10.3 Å². The maximum absolute atomic E-state index is 12.8. The van der Waals surface area contributed by atoms with Gasteiger partial charge in [0.2, 0.25) is 15.9 Å². The van der Waals surface area contributed by atoms with Crippen molar-refractivity contribution < 1.29 is 18.0 Å². The Hall–Kier alpha value is -1.65. The third-order valence-electron chi connectivity index (χ3n) is 5.96. The third-order valence-corrected chi connectivity index (χ3v) is 7.97. The van der Waals surface area contributed by atoms with Gasteiger partial charge in [-0.05, 0) is 50.0 Å². The molecule has 166 valence electrons. The molecular formula is C20H30N4O4S2. The van der Waals surface area contributed by atoms with Gasteiger partial charge >= 0.3 is 0 Å². The van der Waals surface area contributed by atoms with Crippen LogP contribution < -0.4 is 5.32 Å². The van der Waals surface area contributed by atoms with Gasteiger partial charge in [0, 0.05) is 44.8 Å². The highest BCUT2D eigenvalue weighted by Gasteiger charge is 2.30. The fourth-order valence-electron chi connectivity index (χ4n) is 4.07. The highest BCUT2D eigenvalue weighted by atomic mass is 32.2. The smallest absolute Gasteiger partial charge is 0.256 e. The second kappa shape index (κ2) is 10.1. The zero-order chi connectivity index (χ0) is 21.7. The first-order valence-electron chi connectivity index (χ1n) is 10.3. The molecule has 0 aliphatic carbocycles. The fraction of sp³-hybridized carbons (Fsp3) is 0.650. The summed E-state index contributed by atoms with van der Waals surface area (Å²) in [5.41, 5.74) is 0.650. The molecule has 0 spiro atoms. The maximum Gasteiger partial charge on any atom is 0.256 e. The number of likely N-dealkylation sites (tertiary alicyclic amines) is 1. The Kier molecular flexibility index (Phi) is 7.75. The van der Waals surface area contributed by atoms with Gasteiger partial charge in [0.15, 0.2) is 0 Å². The van der Waals surface area contributed by atoms with Crippen LogP contribution in [0.5, 0.6) is 0 Å². The number of nitrogens with one attached hydrogen (secondary N) is 1. The molecule has 0 saturated carbocycles. The van der Waals surface area contributed by atoms with Crippen LogP contribution in [0.1, 0.15) is 36.0 Å². The summed E-state index contributed by atoms with van der Waals surface area (Å²) in [6.07, 6.45) is 7.66. The van der Waals surface area contributed by atoms with E-state index in [1.165, 1.54) is 22.3 Å². The summed E-state index contributed by atoms with van der Waals surface area (Å²) in [6, 6.07) is 3.61. The Morgan fingerprint density at radius 2 is 1.83 bits per heavy atom. The van der Waals surface area contributed by atoms with Crippen molar-refractivity contribution in [2.24, 2.45) is 11.8 Å². The number of hydrogen-bond acceptors (Lipinski definition) is 6. The van der Waals surface area contributed by atoms with Gasteiger partial charge in [-0.25, -0.2) is 17.7 Å².